The lowest BCUT2D eigenvalue weighted by atomic mass is 9.97. The lowest BCUT2D eigenvalue weighted by Crippen LogP contribution is -2.41. The molecular formula is C19H31NO3. The molecule has 23 heavy (non-hydrogen) atoms. The number of methoxy groups -OCH3 is 1. The van der Waals surface area contributed by atoms with Crippen LogP contribution in [0.1, 0.15) is 58.9 Å². The Bertz CT molecular complexity index is 513. The molecule has 1 unspecified atom stereocenters. The van der Waals surface area contributed by atoms with E-state index in [4.69, 9.17) is 9.47 Å². The number of unbranched alkanes of at least 4 members (excludes halogenated alkanes) is 2. The van der Waals surface area contributed by atoms with Crippen LogP contribution in [0.4, 0.5) is 5.69 Å². The van der Waals surface area contributed by atoms with Crippen LogP contribution in [0, 0.1) is 6.92 Å². The number of hydrogen-bond acceptors (Lipinski definition) is 3. The summed E-state index contributed by atoms with van der Waals surface area (Å²) < 4.78 is 11.2. The Morgan fingerprint density at radius 1 is 1.30 bits per heavy atom. The summed E-state index contributed by atoms with van der Waals surface area (Å²) in [5.41, 5.74) is 0.972. The Balaban J connectivity index is 2.77. The largest absolute Gasteiger partial charge is 0.491 e. The van der Waals surface area contributed by atoms with Gasteiger partial charge in [-0.2, -0.15) is 0 Å². The molecule has 0 aliphatic heterocycles. The normalized spacial score (nSPS) is 13.7. The van der Waals surface area contributed by atoms with Crippen LogP contribution in [0.15, 0.2) is 18.2 Å². The second-order valence-corrected chi connectivity index (χ2v) is 6.49. The van der Waals surface area contributed by atoms with E-state index in [9.17, 15) is 4.79 Å². The van der Waals surface area contributed by atoms with Gasteiger partial charge in [-0.25, -0.2) is 0 Å². The fraction of sp³-hybridized carbons (Fsp3) is 0.632. The van der Waals surface area contributed by atoms with E-state index in [-0.39, 0.29) is 12.0 Å². The summed E-state index contributed by atoms with van der Waals surface area (Å²) in [5, 5.41) is 2.96. The molecule has 0 spiro atoms. The zero-order chi connectivity index (χ0) is 17.5. The average molecular weight is 321 g/mol. The molecule has 0 saturated carbocycles. The van der Waals surface area contributed by atoms with Crippen LogP contribution in [0.2, 0.25) is 0 Å². The Kier molecular flexibility index (Phi) is 7.56. The van der Waals surface area contributed by atoms with E-state index in [0.29, 0.717) is 0 Å². The molecule has 4 nitrogen and oxygen atoms in total. The number of rotatable bonds is 9. The molecule has 1 aromatic rings. The highest BCUT2D eigenvalue weighted by Crippen LogP contribution is 2.25. The molecule has 0 aromatic heterocycles. The van der Waals surface area contributed by atoms with Gasteiger partial charge in [-0.3, -0.25) is 4.79 Å². The maximum atomic E-state index is 12.6. The number of ether oxygens (including phenoxy) is 2. The van der Waals surface area contributed by atoms with Gasteiger partial charge in [0, 0.05) is 12.8 Å². The molecule has 0 bridgehead atoms. The van der Waals surface area contributed by atoms with E-state index in [1.54, 1.807) is 7.11 Å². The quantitative estimate of drug-likeness (QED) is 0.670. The van der Waals surface area contributed by atoms with Crippen molar-refractivity contribution in [3.8, 4) is 5.75 Å². The number of hydrogen-bond donors (Lipinski definition) is 1. The smallest absolute Gasteiger partial charge is 0.256 e. The number of nitrogens with one attached hydrogen (secondary N) is 1. The summed E-state index contributed by atoms with van der Waals surface area (Å²) in [7, 11) is 1.59. The zero-order valence-electron chi connectivity index (χ0n) is 15.4. The summed E-state index contributed by atoms with van der Waals surface area (Å²) in [6.45, 7) is 9.96. The van der Waals surface area contributed by atoms with Gasteiger partial charge in [-0.15, -0.1) is 0 Å². The minimum Gasteiger partial charge on any atom is -0.491 e. The Morgan fingerprint density at radius 3 is 2.52 bits per heavy atom. The Labute approximate surface area is 140 Å². The van der Waals surface area contributed by atoms with Crippen molar-refractivity contribution in [1.82, 2.24) is 0 Å². The van der Waals surface area contributed by atoms with Gasteiger partial charge >= 0.3 is 0 Å². The SMILES string of the molecule is CCCCCC(C)(OC)C(=O)Nc1ccc(OC(C)C)c(C)c1. The highest BCUT2D eigenvalue weighted by atomic mass is 16.5. The van der Waals surface area contributed by atoms with Crippen molar-refractivity contribution in [2.75, 3.05) is 12.4 Å². The van der Waals surface area contributed by atoms with E-state index >= 15 is 0 Å². The third kappa shape index (κ3) is 5.87. The van der Waals surface area contributed by atoms with Crippen LogP contribution >= 0.6 is 0 Å². The van der Waals surface area contributed by atoms with Crippen molar-refractivity contribution in [3.05, 3.63) is 23.8 Å². The third-order valence-electron chi connectivity index (χ3n) is 3.98. The van der Waals surface area contributed by atoms with Crippen molar-refractivity contribution < 1.29 is 14.3 Å². The highest BCUT2D eigenvalue weighted by molar-refractivity contribution is 5.97. The van der Waals surface area contributed by atoms with Gasteiger partial charge in [0.05, 0.1) is 6.10 Å². The molecular weight excluding hydrogens is 290 g/mol. The van der Waals surface area contributed by atoms with Crippen molar-refractivity contribution in [2.45, 2.75) is 72.0 Å². The lowest BCUT2D eigenvalue weighted by molar-refractivity contribution is -0.136. The molecule has 0 radical (unpaired) electrons. The number of carbonyl (C=O) groups is 1. The number of carbonyl (C=O) groups excluding carboxylic acids is 1. The monoisotopic (exact) mass is 321 g/mol. The second-order valence-electron chi connectivity index (χ2n) is 6.49. The number of amides is 1. The van der Waals surface area contributed by atoms with Crippen molar-refractivity contribution in [3.63, 3.8) is 0 Å². The first-order valence-corrected chi connectivity index (χ1v) is 8.46. The summed E-state index contributed by atoms with van der Waals surface area (Å²) in [4.78, 5) is 12.6. The number of aryl methyl sites for hydroxylation is 1. The summed E-state index contributed by atoms with van der Waals surface area (Å²) in [5.74, 6) is 0.739. The van der Waals surface area contributed by atoms with E-state index in [1.807, 2.05) is 45.9 Å². The Morgan fingerprint density at radius 2 is 2.00 bits per heavy atom. The summed E-state index contributed by atoms with van der Waals surface area (Å²) in [6, 6.07) is 5.69. The van der Waals surface area contributed by atoms with Crippen LogP contribution in [-0.4, -0.2) is 24.7 Å². The predicted molar refractivity (Wildman–Crippen MR) is 95.1 cm³/mol. The maximum absolute atomic E-state index is 12.6. The number of anilines is 1. The fourth-order valence-corrected chi connectivity index (χ4v) is 2.40. The van der Waals surface area contributed by atoms with Gasteiger partial charge in [0.1, 0.15) is 11.4 Å². The molecule has 130 valence electrons. The van der Waals surface area contributed by atoms with E-state index in [0.717, 1.165) is 42.7 Å². The fourth-order valence-electron chi connectivity index (χ4n) is 2.40. The van der Waals surface area contributed by atoms with Crippen LogP contribution in [0.25, 0.3) is 0 Å². The Hall–Kier alpha value is -1.55. The first-order valence-electron chi connectivity index (χ1n) is 8.46. The van der Waals surface area contributed by atoms with Crippen molar-refractivity contribution in [2.24, 2.45) is 0 Å². The summed E-state index contributed by atoms with van der Waals surface area (Å²) in [6.07, 6.45) is 4.06. The standard InChI is InChI=1S/C19H31NO3/c1-7-8-9-12-19(5,22-6)18(21)20-16-10-11-17(15(4)13-16)23-14(2)3/h10-11,13-14H,7-9,12H2,1-6H3,(H,20,21). The van der Waals surface area contributed by atoms with Crippen LogP contribution < -0.4 is 10.1 Å². The van der Waals surface area contributed by atoms with Crippen LogP contribution in [-0.2, 0) is 9.53 Å². The molecule has 0 aliphatic rings. The molecule has 1 N–H and O–H groups in total. The van der Waals surface area contributed by atoms with Gasteiger partial charge in [0.2, 0.25) is 0 Å². The molecule has 1 amide bonds. The molecule has 0 saturated heterocycles. The predicted octanol–water partition coefficient (Wildman–Crippen LogP) is 4.71. The van der Waals surface area contributed by atoms with E-state index in [1.165, 1.54) is 0 Å². The molecule has 0 aliphatic carbocycles. The van der Waals surface area contributed by atoms with E-state index < -0.39 is 5.60 Å². The first-order chi connectivity index (χ1) is 10.8. The van der Waals surface area contributed by atoms with Gasteiger partial charge < -0.3 is 14.8 Å². The van der Waals surface area contributed by atoms with Gasteiger partial charge in [0.15, 0.2) is 0 Å². The summed E-state index contributed by atoms with van der Waals surface area (Å²) >= 11 is 0. The third-order valence-corrected chi connectivity index (χ3v) is 3.98. The minimum atomic E-state index is -0.795. The maximum Gasteiger partial charge on any atom is 0.256 e. The minimum absolute atomic E-state index is 0.104. The molecule has 0 heterocycles. The van der Waals surface area contributed by atoms with Gasteiger partial charge in [-0.05, 0) is 57.9 Å². The highest BCUT2D eigenvalue weighted by Gasteiger charge is 2.32. The first kappa shape index (κ1) is 19.5. The van der Waals surface area contributed by atoms with Gasteiger partial charge in [-0.1, -0.05) is 26.2 Å². The average Bonchev–Trinajstić information content (AvgIpc) is 2.49. The van der Waals surface area contributed by atoms with Gasteiger partial charge in [0.25, 0.3) is 5.91 Å². The topological polar surface area (TPSA) is 47.6 Å². The van der Waals surface area contributed by atoms with E-state index in [2.05, 4.69) is 12.2 Å². The molecule has 1 atom stereocenters. The van der Waals surface area contributed by atoms with Crippen molar-refractivity contribution >= 4 is 11.6 Å². The van der Waals surface area contributed by atoms with Crippen molar-refractivity contribution in [1.29, 1.82) is 0 Å². The molecule has 1 rings (SSSR count). The second kappa shape index (κ2) is 8.92. The van der Waals surface area contributed by atoms with Crippen LogP contribution in [0.3, 0.4) is 0 Å². The molecule has 4 heteroatoms. The zero-order valence-corrected chi connectivity index (χ0v) is 15.4. The molecule has 0 fully saturated rings. The number of benzene rings is 1. The molecule has 1 aromatic carbocycles. The lowest BCUT2D eigenvalue weighted by Gasteiger charge is -2.27. The van der Waals surface area contributed by atoms with Crippen LogP contribution in [0.5, 0.6) is 5.75 Å².